The second-order valence-electron chi connectivity index (χ2n) is 4.43. The predicted octanol–water partition coefficient (Wildman–Crippen LogP) is 1.02. The van der Waals surface area contributed by atoms with Crippen molar-refractivity contribution in [2.45, 2.75) is 25.9 Å². The molecule has 0 saturated carbocycles. The second kappa shape index (κ2) is 9.27. The summed E-state index contributed by atoms with van der Waals surface area (Å²) in [4.78, 5) is 11.2. The van der Waals surface area contributed by atoms with Gasteiger partial charge in [0.15, 0.2) is 0 Å². The van der Waals surface area contributed by atoms with E-state index in [-0.39, 0.29) is 5.91 Å². The zero-order valence-electron chi connectivity index (χ0n) is 12.0. The fourth-order valence-electron chi connectivity index (χ4n) is 1.36. The number of hydrogen-bond donors (Lipinski definition) is 2. The lowest BCUT2D eigenvalue weighted by atomic mass is 10.3. The largest absolute Gasteiger partial charge is 0.398 e. The van der Waals surface area contributed by atoms with E-state index < -0.39 is 8.56 Å². The number of rotatable bonds is 10. The molecule has 2 N–H and O–H groups in total. The van der Waals surface area contributed by atoms with Crippen LogP contribution in [0.2, 0.25) is 12.6 Å². The van der Waals surface area contributed by atoms with E-state index in [2.05, 4.69) is 23.8 Å². The van der Waals surface area contributed by atoms with Gasteiger partial charge in [-0.3, -0.25) is 4.79 Å². The van der Waals surface area contributed by atoms with Crippen molar-refractivity contribution in [2.24, 2.45) is 0 Å². The summed E-state index contributed by atoms with van der Waals surface area (Å²) in [5, 5.41) is 6.04. The molecule has 0 aromatic rings. The van der Waals surface area contributed by atoms with Gasteiger partial charge in [0.25, 0.3) is 0 Å². The number of nitrogens with one attached hydrogen (secondary N) is 2. The van der Waals surface area contributed by atoms with Gasteiger partial charge in [-0.25, -0.2) is 0 Å². The minimum absolute atomic E-state index is 0.0875. The van der Waals surface area contributed by atoms with Crippen LogP contribution >= 0.6 is 0 Å². The van der Waals surface area contributed by atoms with Crippen LogP contribution in [0.1, 0.15) is 13.3 Å². The highest BCUT2D eigenvalue weighted by Gasteiger charge is 2.27. The quantitative estimate of drug-likeness (QED) is 0.355. The molecule has 6 heteroatoms. The maximum atomic E-state index is 11.2. The number of carbonyl (C=O) groups excluding carboxylic acids is 1. The van der Waals surface area contributed by atoms with Gasteiger partial charge >= 0.3 is 8.56 Å². The van der Waals surface area contributed by atoms with Gasteiger partial charge in [-0.2, -0.15) is 0 Å². The molecule has 0 radical (unpaired) electrons. The van der Waals surface area contributed by atoms with Gasteiger partial charge in [0, 0.05) is 32.9 Å². The van der Waals surface area contributed by atoms with Crippen molar-refractivity contribution in [1.29, 1.82) is 0 Å². The maximum absolute atomic E-state index is 11.2. The van der Waals surface area contributed by atoms with Crippen molar-refractivity contribution in [3.05, 3.63) is 12.2 Å². The molecule has 0 saturated heterocycles. The molecule has 0 aliphatic rings. The highest BCUT2D eigenvalue weighted by atomic mass is 28.4. The minimum Gasteiger partial charge on any atom is -0.398 e. The van der Waals surface area contributed by atoms with Gasteiger partial charge in [0.05, 0.1) is 0 Å². The van der Waals surface area contributed by atoms with Crippen LogP contribution in [0.25, 0.3) is 0 Å². The Bertz CT molecular complexity index is 268. The van der Waals surface area contributed by atoms with Crippen LogP contribution in [0.15, 0.2) is 12.2 Å². The molecule has 0 bridgehead atoms. The van der Waals surface area contributed by atoms with E-state index in [4.69, 9.17) is 8.85 Å². The molecule has 18 heavy (non-hydrogen) atoms. The Morgan fingerprint density at radius 1 is 1.22 bits per heavy atom. The summed E-state index contributed by atoms with van der Waals surface area (Å²) in [6.45, 7) is 9.61. The minimum atomic E-state index is -1.92. The summed E-state index contributed by atoms with van der Waals surface area (Å²) < 4.78 is 10.8. The lowest BCUT2D eigenvalue weighted by molar-refractivity contribution is -0.117. The van der Waals surface area contributed by atoms with Crippen LogP contribution in [-0.2, 0) is 13.6 Å². The second-order valence-corrected chi connectivity index (χ2v) is 8.02. The average Bonchev–Trinajstić information content (AvgIpc) is 2.36. The molecule has 0 atom stereocenters. The smallest absolute Gasteiger partial charge is 0.334 e. The lowest BCUT2D eigenvalue weighted by Crippen LogP contribution is -2.37. The van der Waals surface area contributed by atoms with E-state index in [1.165, 1.54) is 0 Å². The zero-order chi connectivity index (χ0) is 14.0. The van der Waals surface area contributed by atoms with Crippen LogP contribution in [0.4, 0.5) is 0 Å². The molecule has 0 fully saturated rings. The van der Waals surface area contributed by atoms with E-state index >= 15 is 0 Å². The first-order valence-corrected chi connectivity index (χ1v) is 8.72. The maximum Gasteiger partial charge on any atom is 0.334 e. The Balaban J connectivity index is 3.47. The predicted molar refractivity (Wildman–Crippen MR) is 75.8 cm³/mol. The third-order valence-corrected chi connectivity index (χ3v) is 5.81. The Hall–Kier alpha value is -0.693. The summed E-state index contributed by atoms with van der Waals surface area (Å²) in [5.74, 6) is -0.0875. The van der Waals surface area contributed by atoms with E-state index in [0.717, 1.165) is 25.6 Å². The van der Waals surface area contributed by atoms with Crippen molar-refractivity contribution in [3.8, 4) is 0 Å². The Labute approximate surface area is 111 Å². The molecule has 1 amide bonds. The first-order valence-electron chi connectivity index (χ1n) is 6.20. The van der Waals surface area contributed by atoms with Gasteiger partial charge in [-0.1, -0.05) is 6.58 Å². The normalized spacial score (nSPS) is 11.3. The standard InChI is InChI=1S/C12H26N2O3Si/c1-11(2)12(15)14-9-8-13-7-6-10-18(5,16-3)17-4/h13H,1,6-10H2,2-5H3,(H,14,15). The summed E-state index contributed by atoms with van der Waals surface area (Å²) in [6, 6.07) is 0.963. The van der Waals surface area contributed by atoms with E-state index in [1.54, 1.807) is 21.1 Å². The van der Waals surface area contributed by atoms with Crippen molar-refractivity contribution >= 4 is 14.5 Å². The lowest BCUT2D eigenvalue weighted by Gasteiger charge is -2.22. The molecule has 0 rings (SSSR count). The SMILES string of the molecule is C=C(C)C(=O)NCCNCCC[Si](C)(OC)OC. The number of amides is 1. The Kier molecular flexibility index (Phi) is 8.91. The third kappa shape index (κ3) is 7.60. The topological polar surface area (TPSA) is 59.6 Å². The van der Waals surface area contributed by atoms with Crippen LogP contribution in [0.3, 0.4) is 0 Å². The molecule has 0 unspecified atom stereocenters. The number of carbonyl (C=O) groups is 1. The van der Waals surface area contributed by atoms with E-state index in [1.807, 2.05) is 0 Å². The summed E-state index contributed by atoms with van der Waals surface area (Å²) in [5.41, 5.74) is 0.539. The average molecular weight is 274 g/mol. The van der Waals surface area contributed by atoms with Crippen LogP contribution in [0.5, 0.6) is 0 Å². The van der Waals surface area contributed by atoms with Crippen molar-refractivity contribution in [1.82, 2.24) is 10.6 Å². The first-order chi connectivity index (χ1) is 8.45. The molecule has 0 heterocycles. The molecule has 0 aliphatic heterocycles. The zero-order valence-corrected chi connectivity index (χ0v) is 13.0. The summed E-state index contributed by atoms with van der Waals surface area (Å²) in [6.07, 6.45) is 1.01. The highest BCUT2D eigenvalue weighted by Crippen LogP contribution is 2.12. The molecular weight excluding hydrogens is 248 g/mol. The molecule has 0 spiro atoms. The van der Waals surface area contributed by atoms with Gasteiger partial charge in [-0.05, 0) is 32.5 Å². The molecular formula is C12H26N2O3Si. The van der Waals surface area contributed by atoms with Crippen LogP contribution in [-0.4, -0.2) is 48.3 Å². The Morgan fingerprint density at radius 2 is 1.83 bits per heavy atom. The van der Waals surface area contributed by atoms with Gasteiger partial charge in [-0.15, -0.1) is 0 Å². The molecule has 0 aromatic carbocycles. The fraction of sp³-hybridized carbons (Fsp3) is 0.750. The van der Waals surface area contributed by atoms with Gasteiger partial charge in [0.2, 0.25) is 5.91 Å². The first kappa shape index (κ1) is 17.3. The fourth-order valence-corrected chi connectivity index (χ4v) is 2.76. The molecule has 106 valence electrons. The van der Waals surface area contributed by atoms with Crippen LogP contribution < -0.4 is 10.6 Å². The van der Waals surface area contributed by atoms with E-state index in [9.17, 15) is 4.79 Å². The third-order valence-electron chi connectivity index (χ3n) is 2.82. The highest BCUT2D eigenvalue weighted by molar-refractivity contribution is 6.65. The Morgan fingerprint density at radius 3 is 2.33 bits per heavy atom. The van der Waals surface area contributed by atoms with Crippen molar-refractivity contribution in [2.75, 3.05) is 33.9 Å². The monoisotopic (exact) mass is 274 g/mol. The van der Waals surface area contributed by atoms with E-state index in [0.29, 0.717) is 12.1 Å². The molecule has 0 aromatic heterocycles. The molecule has 5 nitrogen and oxygen atoms in total. The van der Waals surface area contributed by atoms with Crippen molar-refractivity contribution in [3.63, 3.8) is 0 Å². The summed E-state index contributed by atoms with van der Waals surface area (Å²) >= 11 is 0. The van der Waals surface area contributed by atoms with Crippen LogP contribution in [0, 0.1) is 0 Å². The molecule has 0 aliphatic carbocycles. The summed E-state index contributed by atoms with van der Waals surface area (Å²) in [7, 11) is 1.49. The van der Waals surface area contributed by atoms with Gasteiger partial charge < -0.3 is 19.5 Å². The van der Waals surface area contributed by atoms with Crippen molar-refractivity contribution < 1.29 is 13.6 Å². The van der Waals surface area contributed by atoms with Gasteiger partial charge in [0.1, 0.15) is 0 Å². The number of hydrogen-bond acceptors (Lipinski definition) is 4.